The highest BCUT2D eigenvalue weighted by atomic mass is 79.9. The van der Waals surface area contributed by atoms with Crippen molar-refractivity contribution < 1.29 is 0 Å². The summed E-state index contributed by atoms with van der Waals surface area (Å²) < 4.78 is 0.917. The zero-order valence-electron chi connectivity index (χ0n) is 10.3. The third kappa shape index (κ3) is 4.96. The first kappa shape index (κ1) is 15.0. The van der Waals surface area contributed by atoms with Gasteiger partial charge in [0.25, 0.3) is 0 Å². The second-order valence-electron chi connectivity index (χ2n) is 4.72. The molecule has 1 atom stereocenters. The predicted molar refractivity (Wildman–Crippen MR) is 77.9 cm³/mol. The molecule has 1 rings (SSSR count). The van der Waals surface area contributed by atoms with Crippen molar-refractivity contribution in [3.63, 3.8) is 0 Å². The van der Waals surface area contributed by atoms with E-state index in [1.165, 1.54) is 12.8 Å². The Labute approximate surface area is 117 Å². The van der Waals surface area contributed by atoms with E-state index in [-0.39, 0.29) is 6.04 Å². The van der Waals surface area contributed by atoms with Gasteiger partial charge in [-0.05, 0) is 46.0 Å². The number of rotatable bonds is 6. The standard InChI is InChI=1S/C13H20BrClN2/c1-9(2)4-3-5-13(17-16)10-6-7-11(14)12(15)8-10/h6-9,13,17H,3-5,16H2,1-2H3. The van der Waals surface area contributed by atoms with Crippen LogP contribution in [0.3, 0.4) is 0 Å². The van der Waals surface area contributed by atoms with Crippen molar-refractivity contribution in [2.45, 2.75) is 39.2 Å². The Hall–Kier alpha value is -0.0900. The lowest BCUT2D eigenvalue weighted by Gasteiger charge is -2.17. The number of hydrogen-bond donors (Lipinski definition) is 2. The van der Waals surface area contributed by atoms with Crippen molar-refractivity contribution in [3.05, 3.63) is 33.3 Å². The molecule has 4 heteroatoms. The van der Waals surface area contributed by atoms with Crippen molar-refractivity contribution in [1.82, 2.24) is 5.43 Å². The molecule has 0 aromatic heterocycles. The molecule has 1 unspecified atom stereocenters. The Kier molecular flexibility index (Phi) is 6.49. The van der Waals surface area contributed by atoms with Crippen molar-refractivity contribution in [2.24, 2.45) is 11.8 Å². The quantitative estimate of drug-likeness (QED) is 0.601. The van der Waals surface area contributed by atoms with Crippen molar-refractivity contribution >= 4 is 27.5 Å². The Bertz CT molecular complexity index is 355. The largest absolute Gasteiger partial charge is 0.271 e. The van der Waals surface area contributed by atoms with E-state index in [0.29, 0.717) is 0 Å². The van der Waals surface area contributed by atoms with Crippen LogP contribution in [-0.2, 0) is 0 Å². The van der Waals surface area contributed by atoms with Gasteiger partial charge >= 0.3 is 0 Å². The molecule has 0 radical (unpaired) electrons. The molecule has 1 aromatic rings. The van der Waals surface area contributed by atoms with Crippen molar-refractivity contribution in [2.75, 3.05) is 0 Å². The highest BCUT2D eigenvalue weighted by Gasteiger charge is 2.11. The van der Waals surface area contributed by atoms with E-state index in [1.807, 2.05) is 12.1 Å². The fourth-order valence-electron chi connectivity index (χ4n) is 1.81. The third-order valence-corrected chi connectivity index (χ3v) is 4.05. The van der Waals surface area contributed by atoms with Gasteiger partial charge in [0.1, 0.15) is 0 Å². The van der Waals surface area contributed by atoms with E-state index >= 15 is 0 Å². The Morgan fingerprint density at radius 2 is 2.06 bits per heavy atom. The summed E-state index contributed by atoms with van der Waals surface area (Å²) in [6.07, 6.45) is 3.43. The van der Waals surface area contributed by atoms with E-state index < -0.39 is 0 Å². The summed E-state index contributed by atoms with van der Waals surface area (Å²) in [5.74, 6) is 6.34. The number of halogens is 2. The predicted octanol–water partition coefficient (Wildman–Crippen LogP) is 4.43. The van der Waals surface area contributed by atoms with Crippen molar-refractivity contribution in [3.8, 4) is 0 Å². The van der Waals surface area contributed by atoms with Crippen LogP contribution in [0.5, 0.6) is 0 Å². The molecular weight excluding hydrogens is 300 g/mol. The first-order valence-electron chi connectivity index (χ1n) is 5.95. The van der Waals surface area contributed by atoms with E-state index in [4.69, 9.17) is 17.4 Å². The topological polar surface area (TPSA) is 38.0 Å². The summed E-state index contributed by atoms with van der Waals surface area (Å²) in [6.45, 7) is 4.47. The molecule has 17 heavy (non-hydrogen) atoms. The smallest absolute Gasteiger partial charge is 0.0551 e. The van der Waals surface area contributed by atoms with Crippen LogP contribution >= 0.6 is 27.5 Å². The molecule has 0 amide bonds. The van der Waals surface area contributed by atoms with Crippen molar-refractivity contribution in [1.29, 1.82) is 0 Å². The minimum absolute atomic E-state index is 0.180. The van der Waals surface area contributed by atoms with Gasteiger partial charge < -0.3 is 0 Å². The van der Waals surface area contributed by atoms with Crippen LogP contribution in [0.15, 0.2) is 22.7 Å². The van der Waals surface area contributed by atoms with Gasteiger partial charge in [0.05, 0.1) is 5.02 Å². The van der Waals surface area contributed by atoms with Crippen LogP contribution < -0.4 is 11.3 Å². The summed E-state index contributed by atoms with van der Waals surface area (Å²) in [5, 5.41) is 0.728. The molecule has 3 N–H and O–H groups in total. The summed E-state index contributed by atoms with van der Waals surface area (Å²) >= 11 is 9.47. The highest BCUT2D eigenvalue weighted by molar-refractivity contribution is 9.10. The highest BCUT2D eigenvalue weighted by Crippen LogP contribution is 2.28. The van der Waals surface area contributed by atoms with Crippen LogP contribution in [0.25, 0.3) is 0 Å². The van der Waals surface area contributed by atoms with Gasteiger partial charge in [-0.2, -0.15) is 0 Å². The van der Waals surface area contributed by atoms with Crippen LogP contribution in [0.2, 0.25) is 5.02 Å². The molecule has 0 saturated carbocycles. The van der Waals surface area contributed by atoms with Crippen LogP contribution in [0, 0.1) is 5.92 Å². The fourth-order valence-corrected chi connectivity index (χ4v) is 2.24. The average molecular weight is 320 g/mol. The molecule has 0 aliphatic rings. The zero-order chi connectivity index (χ0) is 12.8. The fraction of sp³-hybridized carbons (Fsp3) is 0.538. The van der Waals surface area contributed by atoms with Gasteiger partial charge in [-0.1, -0.05) is 44.4 Å². The zero-order valence-corrected chi connectivity index (χ0v) is 12.7. The molecule has 0 aliphatic carbocycles. The molecular formula is C13H20BrClN2. The SMILES string of the molecule is CC(C)CCCC(NN)c1ccc(Br)c(Cl)c1. The number of hydrogen-bond acceptors (Lipinski definition) is 2. The lowest BCUT2D eigenvalue weighted by atomic mass is 9.98. The van der Waals surface area contributed by atoms with Gasteiger partial charge in [-0.3, -0.25) is 11.3 Å². The monoisotopic (exact) mass is 318 g/mol. The molecule has 0 fully saturated rings. The molecule has 0 spiro atoms. The first-order chi connectivity index (χ1) is 8.04. The van der Waals surface area contributed by atoms with Crippen LogP contribution in [0.4, 0.5) is 0 Å². The number of nitrogens with two attached hydrogens (primary N) is 1. The van der Waals surface area contributed by atoms with E-state index in [1.54, 1.807) is 0 Å². The second-order valence-corrected chi connectivity index (χ2v) is 5.98. The van der Waals surface area contributed by atoms with Gasteiger partial charge in [0.2, 0.25) is 0 Å². The summed E-state index contributed by atoms with van der Waals surface area (Å²) in [4.78, 5) is 0. The molecule has 0 aliphatic heterocycles. The molecule has 96 valence electrons. The molecule has 2 nitrogen and oxygen atoms in total. The summed E-state index contributed by atoms with van der Waals surface area (Å²) in [5.41, 5.74) is 4.01. The number of benzene rings is 1. The van der Waals surface area contributed by atoms with Gasteiger partial charge in [-0.25, -0.2) is 0 Å². The Morgan fingerprint density at radius 1 is 1.35 bits per heavy atom. The summed E-state index contributed by atoms with van der Waals surface area (Å²) in [6, 6.07) is 6.16. The Balaban J connectivity index is 2.62. The van der Waals surface area contributed by atoms with E-state index in [9.17, 15) is 0 Å². The molecule has 0 heterocycles. The van der Waals surface area contributed by atoms with Crippen LogP contribution in [-0.4, -0.2) is 0 Å². The summed E-state index contributed by atoms with van der Waals surface area (Å²) in [7, 11) is 0. The van der Waals surface area contributed by atoms with Crippen LogP contribution in [0.1, 0.15) is 44.7 Å². The number of hydrazine groups is 1. The second kappa shape index (κ2) is 7.37. The first-order valence-corrected chi connectivity index (χ1v) is 7.12. The normalized spacial score (nSPS) is 13.1. The maximum absolute atomic E-state index is 6.08. The van der Waals surface area contributed by atoms with Gasteiger partial charge in [-0.15, -0.1) is 0 Å². The minimum atomic E-state index is 0.180. The van der Waals surface area contributed by atoms with Gasteiger partial charge in [0.15, 0.2) is 0 Å². The average Bonchev–Trinajstić information content (AvgIpc) is 2.28. The molecule has 0 bridgehead atoms. The van der Waals surface area contributed by atoms with E-state index in [2.05, 4.69) is 41.3 Å². The Morgan fingerprint density at radius 3 is 2.59 bits per heavy atom. The molecule has 0 saturated heterocycles. The number of nitrogens with one attached hydrogen (secondary N) is 1. The maximum atomic E-state index is 6.08. The third-order valence-electron chi connectivity index (χ3n) is 2.82. The molecule has 1 aromatic carbocycles. The lowest BCUT2D eigenvalue weighted by molar-refractivity contribution is 0.455. The minimum Gasteiger partial charge on any atom is -0.271 e. The lowest BCUT2D eigenvalue weighted by Crippen LogP contribution is -2.28. The van der Waals surface area contributed by atoms with Gasteiger partial charge in [0, 0.05) is 10.5 Å². The maximum Gasteiger partial charge on any atom is 0.0551 e. The van der Waals surface area contributed by atoms with E-state index in [0.717, 1.165) is 27.4 Å².